The molecule has 1 heterocycles. The highest BCUT2D eigenvalue weighted by molar-refractivity contribution is 8.00. The largest absolute Gasteiger partial charge is 0.314 e. The molecule has 0 aromatic carbocycles. The predicted molar refractivity (Wildman–Crippen MR) is 70.1 cm³/mol. The van der Waals surface area contributed by atoms with Crippen molar-refractivity contribution < 1.29 is 0 Å². The standard InChI is InChI=1S/C11H19N3S2/c1-2-5-10(6-3-1)12-7-4-8-15-11-13-9-14-16-11/h9-10,12H,1-8H2. The van der Waals surface area contributed by atoms with E-state index < -0.39 is 0 Å². The molecule has 0 unspecified atom stereocenters. The van der Waals surface area contributed by atoms with Crippen molar-refractivity contribution in [3.05, 3.63) is 6.33 Å². The van der Waals surface area contributed by atoms with Crippen LogP contribution in [0.15, 0.2) is 10.7 Å². The number of hydrogen-bond donors (Lipinski definition) is 1. The normalized spacial score (nSPS) is 17.8. The van der Waals surface area contributed by atoms with Crippen molar-refractivity contribution >= 4 is 23.3 Å². The first-order valence-electron chi connectivity index (χ1n) is 6.08. The van der Waals surface area contributed by atoms with Gasteiger partial charge >= 0.3 is 0 Å². The maximum atomic E-state index is 4.15. The topological polar surface area (TPSA) is 37.8 Å². The van der Waals surface area contributed by atoms with Crippen LogP contribution >= 0.6 is 23.3 Å². The first kappa shape index (κ1) is 12.3. The molecule has 0 aliphatic heterocycles. The van der Waals surface area contributed by atoms with E-state index in [1.54, 1.807) is 6.33 Å². The van der Waals surface area contributed by atoms with E-state index >= 15 is 0 Å². The third-order valence-electron chi connectivity index (χ3n) is 2.93. The Morgan fingerprint density at radius 2 is 2.25 bits per heavy atom. The lowest BCUT2D eigenvalue weighted by molar-refractivity contribution is 0.375. The number of nitrogens with zero attached hydrogens (tertiary/aromatic N) is 2. The number of nitrogens with one attached hydrogen (secondary N) is 1. The minimum absolute atomic E-state index is 0.792. The van der Waals surface area contributed by atoms with Gasteiger partial charge in [0.1, 0.15) is 6.33 Å². The van der Waals surface area contributed by atoms with Crippen LogP contribution in [0.1, 0.15) is 38.5 Å². The molecule has 1 aliphatic rings. The highest BCUT2D eigenvalue weighted by Crippen LogP contribution is 2.19. The van der Waals surface area contributed by atoms with Gasteiger partial charge in [-0.05, 0) is 37.3 Å². The third kappa shape index (κ3) is 4.39. The number of aromatic nitrogens is 2. The molecule has 0 atom stereocenters. The summed E-state index contributed by atoms with van der Waals surface area (Å²) in [4.78, 5) is 4.15. The second-order valence-corrected chi connectivity index (χ2v) is 6.32. The molecule has 1 fully saturated rings. The molecule has 1 saturated carbocycles. The van der Waals surface area contributed by atoms with Gasteiger partial charge in [0.05, 0.1) is 0 Å². The van der Waals surface area contributed by atoms with Crippen molar-refractivity contribution in [1.29, 1.82) is 0 Å². The van der Waals surface area contributed by atoms with Crippen LogP contribution < -0.4 is 5.32 Å². The van der Waals surface area contributed by atoms with Crippen LogP contribution in [0, 0.1) is 0 Å². The fraction of sp³-hybridized carbons (Fsp3) is 0.818. The molecule has 0 saturated heterocycles. The Morgan fingerprint density at radius 3 is 3.00 bits per heavy atom. The molecule has 1 aromatic heterocycles. The Hall–Kier alpha value is -0.130. The van der Waals surface area contributed by atoms with Crippen molar-refractivity contribution in [3.8, 4) is 0 Å². The Labute approximate surface area is 106 Å². The lowest BCUT2D eigenvalue weighted by Crippen LogP contribution is -2.31. The number of rotatable bonds is 6. The summed E-state index contributed by atoms with van der Waals surface area (Å²) in [5, 5.41) is 3.66. The SMILES string of the molecule is c1nsc(SCCCNC2CCCCC2)n1. The molecule has 90 valence electrons. The molecule has 1 aromatic rings. The minimum atomic E-state index is 0.792. The number of thioether (sulfide) groups is 1. The molecular weight excluding hydrogens is 238 g/mol. The Balaban J connectivity index is 1.48. The molecule has 3 nitrogen and oxygen atoms in total. The van der Waals surface area contributed by atoms with Gasteiger partial charge < -0.3 is 5.32 Å². The molecular formula is C11H19N3S2. The Morgan fingerprint density at radius 1 is 1.38 bits per heavy atom. The molecule has 2 rings (SSSR count). The Kier molecular flexibility index (Phi) is 5.58. The first-order valence-corrected chi connectivity index (χ1v) is 7.84. The van der Waals surface area contributed by atoms with Crippen molar-refractivity contribution in [2.75, 3.05) is 12.3 Å². The van der Waals surface area contributed by atoms with Crippen molar-refractivity contribution in [3.63, 3.8) is 0 Å². The zero-order valence-electron chi connectivity index (χ0n) is 9.52. The minimum Gasteiger partial charge on any atom is -0.314 e. The van der Waals surface area contributed by atoms with Crippen molar-refractivity contribution in [2.24, 2.45) is 0 Å². The van der Waals surface area contributed by atoms with Crippen molar-refractivity contribution in [1.82, 2.24) is 14.7 Å². The number of hydrogen-bond acceptors (Lipinski definition) is 5. The summed E-state index contributed by atoms with van der Waals surface area (Å²) in [5.41, 5.74) is 0. The third-order valence-corrected chi connectivity index (χ3v) is 4.81. The van der Waals surface area contributed by atoms with E-state index in [2.05, 4.69) is 14.7 Å². The van der Waals surface area contributed by atoms with Gasteiger partial charge in [0.25, 0.3) is 0 Å². The predicted octanol–water partition coefficient (Wildman–Crippen LogP) is 2.94. The fourth-order valence-electron chi connectivity index (χ4n) is 2.07. The summed E-state index contributed by atoms with van der Waals surface area (Å²) < 4.78 is 5.08. The van der Waals surface area contributed by atoms with E-state index in [4.69, 9.17) is 0 Å². The molecule has 1 aliphatic carbocycles. The maximum Gasteiger partial charge on any atom is 0.169 e. The van der Waals surface area contributed by atoms with Crippen LogP contribution in [0.5, 0.6) is 0 Å². The maximum absolute atomic E-state index is 4.15. The van der Waals surface area contributed by atoms with Crippen LogP contribution in [0.4, 0.5) is 0 Å². The van der Waals surface area contributed by atoms with Gasteiger partial charge in [0, 0.05) is 11.8 Å². The summed E-state index contributed by atoms with van der Waals surface area (Å²) >= 11 is 3.31. The lowest BCUT2D eigenvalue weighted by Gasteiger charge is -2.22. The van der Waals surface area contributed by atoms with E-state index in [-0.39, 0.29) is 0 Å². The van der Waals surface area contributed by atoms with Crippen LogP contribution in [0.2, 0.25) is 0 Å². The van der Waals surface area contributed by atoms with E-state index in [0.717, 1.165) is 22.7 Å². The fourth-order valence-corrected chi connectivity index (χ4v) is 3.52. The lowest BCUT2D eigenvalue weighted by atomic mass is 9.95. The highest BCUT2D eigenvalue weighted by atomic mass is 32.2. The summed E-state index contributed by atoms with van der Waals surface area (Å²) in [6, 6.07) is 0.792. The van der Waals surface area contributed by atoms with E-state index in [1.807, 2.05) is 11.8 Å². The van der Waals surface area contributed by atoms with Gasteiger partial charge in [-0.1, -0.05) is 31.0 Å². The zero-order chi connectivity index (χ0) is 11.1. The van der Waals surface area contributed by atoms with Gasteiger partial charge in [0.2, 0.25) is 0 Å². The average molecular weight is 257 g/mol. The van der Waals surface area contributed by atoms with Gasteiger partial charge in [-0.25, -0.2) is 4.98 Å². The van der Waals surface area contributed by atoms with Crippen molar-refractivity contribution in [2.45, 2.75) is 48.9 Å². The van der Waals surface area contributed by atoms with Gasteiger partial charge in [-0.2, -0.15) is 4.37 Å². The second-order valence-electron chi connectivity index (χ2n) is 4.20. The summed E-state index contributed by atoms with van der Waals surface area (Å²) in [7, 11) is 0. The quantitative estimate of drug-likeness (QED) is 0.628. The average Bonchev–Trinajstić information content (AvgIpc) is 2.83. The van der Waals surface area contributed by atoms with Gasteiger partial charge in [-0.3, -0.25) is 0 Å². The van der Waals surface area contributed by atoms with Gasteiger partial charge in [-0.15, -0.1) is 0 Å². The molecule has 0 spiro atoms. The van der Waals surface area contributed by atoms with E-state index in [1.165, 1.54) is 50.1 Å². The van der Waals surface area contributed by atoms with E-state index in [9.17, 15) is 0 Å². The molecule has 16 heavy (non-hydrogen) atoms. The van der Waals surface area contributed by atoms with Crippen LogP contribution in [-0.2, 0) is 0 Å². The first-order chi connectivity index (χ1) is 7.95. The Bertz CT molecular complexity index is 271. The van der Waals surface area contributed by atoms with Crippen LogP contribution in [0.25, 0.3) is 0 Å². The smallest absolute Gasteiger partial charge is 0.169 e. The van der Waals surface area contributed by atoms with Crippen LogP contribution in [-0.4, -0.2) is 27.7 Å². The molecule has 0 amide bonds. The van der Waals surface area contributed by atoms with Gasteiger partial charge in [0.15, 0.2) is 4.34 Å². The highest BCUT2D eigenvalue weighted by Gasteiger charge is 2.11. The monoisotopic (exact) mass is 257 g/mol. The summed E-state index contributed by atoms with van der Waals surface area (Å²) in [5.74, 6) is 1.15. The summed E-state index contributed by atoms with van der Waals surface area (Å²) in [6.45, 7) is 1.15. The summed E-state index contributed by atoms with van der Waals surface area (Å²) in [6.07, 6.45) is 9.88. The molecule has 5 heteroatoms. The molecule has 0 radical (unpaired) electrons. The van der Waals surface area contributed by atoms with E-state index in [0.29, 0.717) is 0 Å². The second kappa shape index (κ2) is 7.25. The zero-order valence-corrected chi connectivity index (χ0v) is 11.2. The molecule has 1 N–H and O–H groups in total. The van der Waals surface area contributed by atoms with Crippen LogP contribution in [0.3, 0.4) is 0 Å². The molecule has 0 bridgehead atoms.